The quantitative estimate of drug-likeness (QED) is 0.719. The van der Waals surface area contributed by atoms with E-state index in [4.69, 9.17) is 0 Å². The van der Waals surface area contributed by atoms with Crippen molar-refractivity contribution in [2.45, 2.75) is 19.0 Å². The summed E-state index contributed by atoms with van der Waals surface area (Å²) in [6.45, 7) is 0.751. The lowest BCUT2D eigenvalue weighted by molar-refractivity contribution is -0.702. The number of pyridine rings is 1. The van der Waals surface area contributed by atoms with Crippen LogP contribution in [0.2, 0.25) is 0 Å². The predicted octanol–water partition coefficient (Wildman–Crippen LogP) is 2.27. The Hall–Kier alpha value is -2.43. The molecule has 3 nitrogen and oxygen atoms in total. The highest BCUT2D eigenvalue weighted by Crippen LogP contribution is 2.21. The lowest BCUT2D eigenvalue weighted by Crippen LogP contribution is -2.51. The molecule has 3 heterocycles. The van der Waals surface area contributed by atoms with Gasteiger partial charge in [-0.05, 0) is 18.2 Å². The molecule has 0 saturated carbocycles. The van der Waals surface area contributed by atoms with Crippen molar-refractivity contribution in [3.8, 4) is 0 Å². The third-order valence-corrected chi connectivity index (χ3v) is 3.79. The average Bonchev–Trinajstić information content (AvgIpc) is 2.47. The van der Waals surface area contributed by atoms with Crippen molar-refractivity contribution in [2.75, 3.05) is 0 Å². The van der Waals surface area contributed by atoms with Gasteiger partial charge in [-0.3, -0.25) is 4.99 Å². The number of hydrogen-bond acceptors (Lipinski definition) is 2. The Morgan fingerprint density at radius 1 is 1.14 bits per heavy atom. The Morgan fingerprint density at radius 2 is 2.05 bits per heavy atom. The van der Waals surface area contributed by atoms with E-state index in [0.717, 1.165) is 30.4 Å². The van der Waals surface area contributed by atoms with Crippen molar-refractivity contribution in [1.29, 1.82) is 0 Å². The van der Waals surface area contributed by atoms with Crippen LogP contribution in [0.5, 0.6) is 0 Å². The first-order valence-electron chi connectivity index (χ1n) is 6.80. The SMILES string of the molecule is Fc1ccc(C2=NC3CC(=N2)c2cccc[n+]2C3)c(F)c1. The van der Waals surface area contributed by atoms with Gasteiger partial charge >= 0.3 is 0 Å². The molecule has 0 fully saturated rings. The number of amidine groups is 1. The van der Waals surface area contributed by atoms with Crippen LogP contribution >= 0.6 is 0 Å². The number of benzene rings is 1. The molecule has 104 valence electrons. The average molecular weight is 284 g/mol. The fraction of sp³-hybridized carbons (Fsp3) is 0.188. The van der Waals surface area contributed by atoms with Crippen LogP contribution in [-0.2, 0) is 6.54 Å². The van der Waals surface area contributed by atoms with Gasteiger partial charge in [0.2, 0.25) is 5.69 Å². The van der Waals surface area contributed by atoms with Crippen LogP contribution in [0.4, 0.5) is 8.78 Å². The van der Waals surface area contributed by atoms with Crippen molar-refractivity contribution in [1.82, 2.24) is 0 Å². The Bertz CT molecular complexity index is 796. The molecular formula is C16H12F2N3+. The molecular weight excluding hydrogens is 272 g/mol. The summed E-state index contributed by atoms with van der Waals surface area (Å²) >= 11 is 0. The van der Waals surface area contributed by atoms with Crippen molar-refractivity contribution < 1.29 is 13.3 Å². The number of aliphatic imine (C=N–C) groups is 2. The summed E-state index contributed by atoms with van der Waals surface area (Å²) in [5.41, 5.74) is 2.19. The topological polar surface area (TPSA) is 28.6 Å². The third-order valence-electron chi connectivity index (χ3n) is 3.79. The number of rotatable bonds is 1. The summed E-state index contributed by atoms with van der Waals surface area (Å²) in [4.78, 5) is 8.99. The molecule has 1 aromatic heterocycles. The van der Waals surface area contributed by atoms with E-state index in [-0.39, 0.29) is 11.6 Å². The van der Waals surface area contributed by atoms with E-state index in [9.17, 15) is 8.78 Å². The minimum Gasteiger partial charge on any atom is -0.256 e. The highest BCUT2D eigenvalue weighted by molar-refractivity contribution is 6.13. The maximum Gasteiger partial charge on any atom is 0.227 e. The highest BCUT2D eigenvalue weighted by atomic mass is 19.1. The second-order valence-electron chi connectivity index (χ2n) is 5.23. The smallest absolute Gasteiger partial charge is 0.227 e. The molecule has 21 heavy (non-hydrogen) atoms. The maximum atomic E-state index is 13.9. The first-order chi connectivity index (χ1) is 10.2. The van der Waals surface area contributed by atoms with Crippen LogP contribution in [0.25, 0.3) is 0 Å². The molecule has 1 aromatic carbocycles. The van der Waals surface area contributed by atoms with Crippen LogP contribution in [-0.4, -0.2) is 17.6 Å². The monoisotopic (exact) mass is 284 g/mol. The molecule has 2 aliphatic rings. The Balaban J connectivity index is 1.82. The summed E-state index contributed by atoms with van der Waals surface area (Å²) in [5, 5.41) is 0. The molecule has 0 N–H and O–H groups in total. The van der Waals surface area contributed by atoms with Crippen molar-refractivity contribution in [3.05, 3.63) is 65.5 Å². The first-order valence-corrected chi connectivity index (χ1v) is 6.80. The van der Waals surface area contributed by atoms with Crippen LogP contribution in [0.1, 0.15) is 17.7 Å². The summed E-state index contributed by atoms with van der Waals surface area (Å²) in [7, 11) is 0. The molecule has 0 radical (unpaired) electrons. The lowest BCUT2D eigenvalue weighted by atomic mass is 9.99. The zero-order chi connectivity index (χ0) is 14.4. The normalized spacial score (nSPS) is 19.6. The third kappa shape index (κ3) is 2.05. The Kier molecular flexibility index (Phi) is 2.67. The summed E-state index contributed by atoms with van der Waals surface area (Å²) < 4.78 is 29.0. The summed E-state index contributed by atoms with van der Waals surface area (Å²) in [5.74, 6) is -0.866. The molecule has 1 unspecified atom stereocenters. The molecule has 0 aliphatic carbocycles. The fourth-order valence-corrected chi connectivity index (χ4v) is 2.84. The standard InChI is InChI=1S/C16H12F2N3/c17-10-4-5-12(13(18)7-10)16-19-11-8-14(20-16)15-3-1-2-6-21(15)9-11/h1-7,11H,8-9H2/q+1. The summed E-state index contributed by atoms with van der Waals surface area (Å²) in [6, 6.07) is 9.47. The fourth-order valence-electron chi connectivity index (χ4n) is 2.84. The molecule has 0 amide bonds. The largest absolute Gasteiger partial charge is 0.256 e. The molecule has 2 aliphatic heterocycles. The van der Waals surface area contributed by atoms with Crippen molar-refractivity contribution in [3.63, 3.8) is 0 Å². The van der Waals surface area contributed by atoms with E-state index in [0.29, 0.717) is 5.84 Å². The van der Waals surface area contributed by atoms with E-state index >= 15 is 0 Å². The van der Waals surface area contributed by atoms with Gasteiger partial charge < -0.3 is 0 Å². The van der Waals surface area contributed by atoms with Gasteiger partial charge in [0.15, 0.2) is 18.6 Å². The van der Waals surface area contributed by atoms with Crippen LogP contribution in [0.3, 0.4) is 0 Å². The minimum atomic E-state index is -0.626. The number of nitrogens with zero attached hydrogens (tertiary/aromatic N) is 3. The van der Waals surface area contributed by atoms with Crippen molar-refractivity contribution in [2.24, 2.45) is 9.98 Å². The minimum absolute atomic E-state index is 0.0526. The molecule has 2 aromatic rings. The van der Waals surface area contributed by atoms with Gasteiger partial charge in [0.1, 0.15) is 23.4 Å². The van der Waals surface area contributed by atoms with Crippen LogP contribution in [0, 0.1) is 11.6 Å². The number of fused-ring (bicyclic) bond motifs is 4. The molecule has 2 bridgehead atoms. The maximum absolute atomic E-state index is 13.9. The van der Waals surface area contributed by atoms with E-state index in [2.05, 4.69) is 14.6 Å². The van der Waals surface area contributed by atoms with Gasteiger partial charge in [0.05, 0.1) is 5.56 Å². The lowest BCUT2D eigenvalue weighted by Gasteiger charge is -2.23. The van der Waals surface area contributed by atoms with E-state index in [1.165, 1.54) is 12.1 Å². The van der Waals surface area contributed by atoms with Gasteiger partial charge in [0, 0.05) is 24.6 Å². The second kappa shape index (κ2) is 4.55. The second-order valence-corrected chi connectivity index (χ2v) is 5.23. The Morgan fingerprint density at radius 3 is 2.90 bits per heavy atom. The van der Waals surface area contributed by atoms with Gasteiger partial charge in [-0.2, -0.15) is 4.57 Å². The molecule has 1 atom stereocenters. The van der Waals surface area contributed by atoms with Gasteiger partial charge in [-0.25, -0.2) is 13.8 Å². The van der Waals surface area contributed by atoms with Crippen LogP contribution < -0.4 is 4.57 Å². The zero-order valence-electron chi connectivity index (χ0n) is 11.1. The predicted molar refractivity (Wildman–Crippen MR) is 74.5 cm³/mol. The molecule has 0 spiro atoms. The number of hydrogen-bond donors (Lipinski definition) is 0. The first kappa shape index (κ1) is 12.3. The number of halogens is 2. The zero-order valence-corrected chi connectivity index (χ0v) is 11.1. The molecule has 4 rings (SSSR count). The van der Waals surface area contributed by atoms with E-state index in [1.807, 2.05) is 24.4 Å². The Labute approximate surface area is 120 Å². The van der Waals surface area contributed by atoms with Gasteiger partial charge in [0.25, 0.3) is 0 Å². The van der Waals surface area contributed by atoms with Crippen LogP contribution in [0.15, 0.2) is 52.6 Å². The highest BCUT2D eigenvalue weighted by Gasteiger charge is 2.33. The number of aromatic nitrogens is 1. The van der Waals surface area contributed by atoms with Gasteiger partial charge in [-0.1, -0.05) is 0 Å². The molecule has 0 saturated heterocycles. The summed E-state index contributed by atoms with van der Waals surface area (Å²) in [6.07, 6.45) is 2.76. The molecule has 5 heteroatoms. The van der Waals surface area contributed by atoms with Gasteiger partial charge in [-0.15, -0.1) is 0 Å². The van der Waals surface area contributed by atoms with E-state index < -0.39 is 11.6 Å². The van der Waals surface area contributed by atoms with E-state index in [1.54, 1.807) is 0 Å². The van der Waals surface area contributed by atoms with Crippen molar-refractivity contribution >= 4 is 11.5 Å².